The molecule has 0 bridgehead atoms. The Morgan fingerprint density at radius 2 is 1.84 bits per heavy atom. The third-order valence-corrected chi connectivity index (χ3v) is 5.31. The molecule has 9 heteroatoms. The van der Waals surface area contributed by atoms with Crippen LogP contribution in [0, 0.1) is 11.6 Å². The van der Waals surface area contributed by atoms with Crippen LogP contribution < -0.4 is 10.1 Å². The molecule has 2 N–H and O–H groups in total. The van der Waals surface area contributed by atoms with Crippen molar-refractivity contribution in [3.8, 4) is 5.75 Å². The summed E-state index contributed by atoms with van der Waals surface area (Å²) in [7, 11) is 1.45. The summed E-state index contributed by atoms with van der Waals surface area (Å²) in [5.74, 6) is 0.165. The molecule has 0 amide bonds. The molecule has 1 aliphatic rings. The summed E-state index contributed by atoms with van der Waals surface area (Å²) >= 11 is 0. The topological polar surface area (TPSA) is 60.3 Å². The Morgan fingerprint density at radius 3 is 2.47 bits per heavy atom. The molecule has 1 heterocycles. The number of halogens is 3. The van der Waals surface area contributed by atoms with Crippen LogP contribution in [0.5, 0.6) is 5.75 Å². The average molecular weight is 560 g/mol. The Kier molecular flexibility index (Phi) is 10.6. The van der Waals surface area contributed by atoms with E-state index in [1.165, 1.54) is 19.2 Å². The second kappa shape index (κ2) is 12.9. The fourth-order valence-electron chi connectivity index (χ4n) is 3.63. The Morgan fingerprint density at radius 1 is 1.12 bits per heavy atom. The standard InChI is InChI=1S/C23H30F2N4O2.HI/c1-3-26-23(27-15-21(30)18-6-4-5-7-19(18)24)29-12-10-28(11-13-29)16-17-8-9-22(31-2)20(25)14-17;/h4-9,14,21,30H,3,10-13,15-16H2,1-2H3,(H,26,27);1H. The largest absolute Gasteiger partial charge is 0.494 e. The average Bonchev–Trinajstić information content (AvgIpc) is 2.77. The van der Waals surface area contributed by atoms with Crippen molar-refractivity contribution in [2.75, 3.05) is 46.4 Å². The maximum Gasteiger partial charge on any atom is 0.194 e. The molecule has 0 radical (unpaired) electrons. The van der Waals surface area contributed by atoms with Gasteiger partial charge in [0.15, 0.2) is 17.5 Å². The zero-order chi connectivity index (χ0) is 22.2. The minimum Gasteiger partial charge on any atom is -0.494 e. The van der Waals surface area contributed by atoms with Crippen LogP contribution in [0.15, 0.2) is 47.5 Å². The first-order chi connectivity index (χ1) is 15.0. The van der Waals surface area contributed by atoms with Crippen LogP contribution in [0.3, 0.4) is 0 Å². The van der Waals surface area contributed by atoms with E-state index in [9.17, 15) is 13.9 Å². The molecule has 1 atom stereocenters. The maximum atomic E-state index is 13.9. The molecular weight excluding hydrogens is 529 g/mol. The van der Waals surface area contributed by atoms with Gasteiger partial charge in [-0.3, -0.25) is 9.89 Å². The molecule has 2 aromatic carbocycles. The van der Waals surface area contributed by atoms with E-state index in [2.05, 4.69) is 20.1 Å². The van der Waals surface area contributed by atoms with Crippen LogP contribution in [-0.4, -0.2) is 67.2 Å². The number of aliphatic hydroxyl groups is 1. The lowest BCUT2D eigenvalue weighted by Gasteiger charge is -2.36. The van der Waals surface area contributed by atoms with Gasteiger partial charge in [-0.1, -0.05) is 24.3 Å². The highest BCUT2D eigenvalue weighted by atomic mass is 127. The summed E-state index contributed by atoms with van der Waals surface area (Å²) in [4.78, 5) is 8.91. The predicted molar refractivity (Wildman–Crippen MR) is 133 cm³/mol. The first-order valence-electron chi connectivity index (χ1n) is 10.5. The Balaban J connectivity index is 0.00000363. The van der Waals surface area contributed by atoms with E-state index in [-0.39, 0.29) is 47.7 Å². The van der Waals surface area contributed by atoms with Crippen molar-refractivity contribution in [1.82, 2.24) is 15.1 Å². The Hall–Kier alpha value is -1.98. The quantitative estimate of drug-likeness (QED) is 0.309. The summed E-state index contributed by atoms with van der Waals surface area (Å²) in [6, 6.07) is 11.2. The smallest absolute Gasteiger partial charge is 0.194 e. The van der Waals surface area contributed by atoms with Gasteiger partial charge in [-0.15, -0.1) is 24.0 Å². The fourth-order valence-corrected chi connectivity index (χ4v) is 3.63. The van der Waals surface area contributed by atoms with Crippen LogP contribution in [0.25, 0.3) is 0 Å². The fraction of sp³-hybridized carbons (Fsp3) is 0.435. The van der Waals surface area contributed by atoms with Gasteiger partial charge in [-0.2, -0.15) is 0 Å². The van der Waals surface area contributed by atoms with Crippen LogP contribution in [0.4, 0.5) is 8.78 Å². The monoisotopic (exact) mass is 560 g/mol. The second-order valence-corrected chi connectivity index (χ2v) is 7.46. The second-order valence-electron chi connectivity index (χ2n) is 7.46. The highest BCUT2D eigenvalue weighted by molar-refractivity contribution is 14.0. The third kappa shape index (κ3) is 7.01. The van der Waals surface area contributed by atoms with Crippen molar-refractivity contribution >= 4 is 29.9 Å². The van der Waals surface area contributed by atoms with Crippen molar-refractivity contribution < 1.29 is 18.6 Å². The van der Waals surface area contributed by atoms with Crippen LogP contribution in [0.2, 0.25) is 0 Å². The van der Waals surface area contributed by atoms with Gasteiger partial charge in [-0.05, 0) is 30.7 Å². The molecule has 0 aliphatic carbocycles. The summed E-state index contributed by atoms with van der Waals surface area (Å²) in [5, 5.41) is 13.6. The molecule has 0 spiro atoms. The van der Waals surface area contributed by atoms with Crippen molar-refractivity contribution in [2.24, 2.45) is 4.99 Å². The number of aliphatic imine (C=N–C) groups is 1. The van der Waals surface area contributed by atoms with Crippen molar-refractivity contribution in [1.29, 1.82) is 0 Å². The lowest BCUT2D eigenvalue weighted by molar-refractivity contribution is 0.168. The molecular formula is C23H31F2IN4O2. The highest BCUT2D eigenvalue weighted by Gasteiger charge is 2.21. The predicted octanol–water partition coefficient (Wildman–Crippen LogP) is 3.41. The summed E-state index contributed by atoms with van der Waals surface area (Å²) < 4.78 is 32.8. The summed E-state index contributed by atoms with van der Waals surface area (Å²) in [6.45, 7) is 6.52. The number of nitrogens with zero attached hydrogens (tertiary/aromatic N) is 3. The molecule has 1 unspecified atom stereocenters. The van der Waals surface area contributed by atoms with Crippen LogP contribution in [-0.2, 0) is 6.54 Å². The molecule has 32 heavy (non-hydrogen) atoms. The van der Waals surface area contributed by atoms with Gasteiger partial charge in [0.05, 0.1) is 13.7 Å². The van der Waals surface area contributed by atoms with Crippen molar-refractivity contribution in [3.63, 3.8) is 0 Å². The summed E-state index contributed by atoms with van der Waals surface area (Å²) in [6.07, 6.45) is -0.999. The Labute approximate surface area is 205 Å². The lowest BCUT2D eigenvalue weighted by Crippen LogP contribution is -2.52. The van der Waals surface area contributed by atoms with E-state index in [1.807, 2.05) is 13.0 Å². The first-order valence-corrected chi connectivity index (χ1v) is 10.5. The molecule has 1 saturated heterocycles. The van der Waals surface area contributed by atoms with Gasteiger partial charge < -0.3 is 20.1 Å². The van der Waals surface area contributed by atoms with Gasteiger partial charge in [0.25, 0.3) is 0 Å². The van der Waals surface area contributed by atoms with Gasteiger partial charge in [0.2, 0.25) is 0 Å². The zero-order valence-electron chi connectivity index (χ0n) is 18.4. The number of ether oxygens (including phenoxy) is 1. The van der Waals surface area contributed by atoms with E-state index < -0.39 is 11.9 Å². The molecule has 3 rings (SSSR count). The zero-order valence-corrected chi connectivity index (χ0v) is 20.8. The van der Waals surface area contributed by atoms with Gasteiger partial charge in [0.1, 0.15) is 11.9 Å². The third-order valence-electron chi connectivity index (χ3n) is 5.31. The first kappa shape index (κ1) is 26.3. The molecule has 0 aromatic heterocycles. The van der Waals surface area contributed by atoms with E-state index >= 15 is 0 Å². The normalized spacial score (nSPS) is 15.8. The van der Waals surface area contributed by atoms with Gasteiger partial charge in [-0.25, -0.2) is 8.78 Å². The number of methoxy groups -OCH3 is 1. The Bertz CT molecular complexity index is 892. The number of piperazine rings is 1. The van der Waals surface area contributed by atoms with E-state index in [0.29, 0.717) is 19.0 Å². The molecule has 2 aromatic rings. The maximum absolute atomic E-state index is 13.9. The molecule has 0 saturated carbocycles. The minimum absolute atomic E-state index is 0. The molecule has 176 valence electrons. The number of aliphatic hydroxyl groups excluding tert-OH is 1. The summed E-state index contributed by atoms with van der Waals surface area (Å²) in [5.41, 5.74) is 1.15. The SMILES string of the molecule is CCNC(=NCC(O)c1ccccc1F)N1CCN(Cc2ccc(OC)c(F)c2)CC1.I. The van der Waals surface area contributed by atoms with Gasteiger partial charge >= 0.3 is 0 Å². The van der Waals surface area contributed by atoms with Crippen molar-refractivity contribution in [3.05, 3.63) is 65.2 Å². The number of hydrogen-bond donors (Lipinski definition) is 2. The van der Waals surface area contributed by atoms with E-state index in [0.717, 1.165) is 31.7 Å². The molecule has 1 fully saturated rings. The number of rotatable bonds is 7. The lowest BCUT2D eigenvalue weighted by atomic mass is 10.1. The number of nitrogens with one attached hydrogen (secondary N) is 1. The van der Waals surface area contributed by atoms with E-state index in [1.54, 1.807) is 24.3 Å². The van der Waals surface area contributed by atoms with E-state index in [4.69, 9.17) is 4.74 Å². The van der Waals surface area contributed by atoms with Crippen molar-refractivity contribution in [2.45, 2.75) is 19.6 Å². The van der Waals surface area contributed by atoms with Crippen LogP contribution in [0.1, 0.15) is 24.2 Å². The number of benzene rings is 2. The molecule has 6 nitrogen and oxygen atoms in total. The number of hydrogen-bond acceptors (Lipinski definition) is 4. The molecule has 1 aliphatic heterocycles. The number of guanidine groups is 1. The highest BCUT2D eigenvalue weighted by Crippen LogP contribution is 2.20. The van der Waals surface area contributed by atoms with Crippen LogP contribution >= 0.6 is 24.0 Å². The minimum atomic E-state index is -0.999. The van der Waals surface area contributed by atoms with Gasteiger partial charge in [0, 0.05) is 44.8 Å².